The number of hydrogen-bond acceptors (Lipinski definition) is 2. The summed E-state index contributed by atoms with van der Waals surface area (Å²) in [6.07, 6.45) is 3.81. The second kappa shape index (κ2) is 3.44. The fourth-order valence-electron chi connectivity index (χ4n) is 1.72. The maximum Gasteiger partial charge on any atom is 0.356 e. The summed E-state index contributed by atoms with van der Waals surface area (Å²) in [5.74, 6) is -0.240. The molecule has 14 heavy (non-hydrogen) atoms. The molecule has 1 aromatic rings. The van der Waals surface area contributed by atoms with Crippen LogP contribution in [-0.2, 0) is 6.54 Å². The molecule has 4 heteroatoms. The van der Waals surface area contributed by atoms with E-state index in [0.29, 0.717) is 5.92 Å². The van der Waals surface area contributed by atoms with E-state index < -0.39 is 5.97 Å². The highest BCUT2D eigenvalue weighted by atomic mass is 16.4. The van der Waals surface area contributed by atoms with Gasteiger partial charge in [0.05, 0.1) is 0 Å². The Hall–Kier alpha value is -1.32. The Morgan fingerprint density at radius 2 is 2.43 bits per heavy atom. The highest BCUT2D eigenvalue weighted by molar-refractivity contribution is 5.85. The number of hydrogen-bond donors (Lipinski definition) is 1. The molecule has 1 aromatic heterocycles. The lowest BCUT2D eigenvalue weighted by atomic mass is 9.85. The molecule has 0 radical (unpaired) electrons. The van der Waals surface area contributed by atoms with Gasteiger partial charge < -0.3 is 5.11 Å². The molecule has 0 aliphatic heterocycles. The van der Waals surface area contributed by atoms with Crippen molar-refractivity contribution in [1.29, 1.82) is 0 Å². The molecule has 1 fully saturated rings. The summed E-state index contributed by atoms with van der Waals surface area (Å²) in [5.41, 5.74) is 1.09. The summed E-state index contributed by atoms with van der Waals surface area (Å²) < 4.78 is 1.81. The first-order chi connectivity index (χ1) is 6.66. The van der Waals surface area contributed by atoms with Crippen LogP contribution in [0.4, 0.5) is 0 Å². The number of carbonyl (C=O) groups is 1. The van der Waals surface area contributed by atoms with Crippen molar-refractivity contribution < 1.29 is 9.90 Å². The second-order valence-corrected chi connectivity index (χ2v) is 3.96. The van der Waals surface area contributed by atoms with Gasteiger partial charge in [0, 0.05) is 12.2 Å². The fourth-order valence-corrected chi connectivity index (χ4v) is 1.72. The number of aryl methyl sites for hydroxylation is 1. The lowest BCUT2D eigenvalue weighted by Crippen LogP contribution is -2.19. The molecule has 0 unspecified atom stereocenters. The Balaban J connectivity index is 2.12. The summed E-state index contributed by atoms with van der Waals surface area (Å²) in [6, 6.07) is 1.63. The van der Waals surface area contributed by atoms with Crippen LogP contribution >= 0.6 is 0 Å². The molecule has 0 bridgehead atoms. The summed E-state index contributed by atoms with van der Waals surface area (Å²) >= 11 is 0. The van der Waals surface area contributed by atoms with Crippen molar-refractivity contribution in [2.24, 2.45) is 5.92 Å². The number of rotatable bonds is 3. The van der Waals surface area contributed by atoms with Crippen molar-refractivity contribution in [2.45, 2.75) is 32.7 Å². The van der Waals surface area contributed by atoms with Crippen LogP contribution in [0, 0.1) is 12.8 Å². The molecule has 0 spiro atoms. The number of nitrogens with zero attached hydrogens (tertiary/aromatic N) is 2. The van der Waals surface area contributed by atoms with Gasteiger partial charge in [-0.15, -0.1) is 0 Å². The molecule has 2 rings (SSSR count). The topological polar surface area (TPSA) is 55.1 Å². The minimum Gasteiger partial charge on any atom is -0.476 e. The molecule has 1 heterocycles. The number of aromatic nitrogens is 2. The largest absolute Gasteiger partial charge is 0.476 e. The molecule has 1 saturated carbocycles. The van der Waals surface area contributed by atoms with Gasteiger partial charge in [-0.05, 0) is 31.7 Å². The van der Waals surface area contributed by atoms with Crippen molar-refractivity contribution in [3.05, 3.63) is 17.5 Å². The van der Waals surface area contributed by atoms with Crippen LogP contribution in [0.15, 0.2) is 6.07 Å². The number of aromatic carboxylic acids is 1. The van der Waals surface area contributed by atoms with Crippen molar-refractivity contribution >= 4 is 5.97 Å². The fraction of sp³-hybridized carbons (Fsp3) is 0.600. The zero-order valence-electron chi connectivity index (χ0n) is 8.23. The first-order valence-corrected chi connectivity index (χ1v) is 4.94. The standard InChI is InChI=1S/C10H14N2O2/c1-7-5-9(10(13)14)11-12(7)6-8-3-2-4-8/h5,8H,2-4,6H2,1H3,(H,13,14). The molecule has 1 aliphatic carbocycles. The van der Waals surface area contributed by atoms with E-state index in [1.807, 2.05) is 11.6 Å². The molecule has 1 N–H and O–H groups in total. The van der Waals surface area contributed by atoms with Crippen molar-refractivity contribution in [3.8, 4) is 0 Å². The third kappa shape index (κ3) is 1.64. The molecule has 0 saturated heterocycles. The summed E-state index contributed by atoms with van der Waals surface area (Å²) in [5, 5.41) is 12.8. The second-order valence-electron chi connectivity index (χ2n) is 3.96. The van der Waals surface area contributed by atoms with Crippen molar-refractivity contribution in [3.63, 3.8) is 0 Å². The van der Waals surface area contributed by atoms with Crippen LogP contribution in [0.5, 0.6) is 0 Å². The predicted molar refractivity (Wildman–Crippen MR) is 51.3 cm³/mol. The molecule has 0 atom stereocenters. The number of carboxylic acids is 1. The minimum absolute atomic E-state index is 0.154. The zero-order chi connectivity index (χ0) is 10.1. The highest BCUT2D eigenvalue weighted by Crippen LogP contribution is 2.28. The molecular formula is C10H14N2O2. The summed E-state index contributed by atoms with van der Waals surface area (Å²) in [7, 11) is 0. The molecule has 1 aliphatic rings. The van der Waals surface area contributed by atoms with Gasteiger partial charge >= 0.3 is 5.97 Å². The van der Waals surface area contributed by atoms with Gasteiger partial charge in [0.2, 0.25) is 0 Å². The van der Waals surface area contributed by atoms with Gasteiger partial charge in [-0.25, -0.2) is 4.79 Å². The molecular weight excluding hydrogens is 180 g/mol. The average Bonchev–Trinajstić information content (AvgIpc) is 2.40. The predicted octanol–water partition coefficient (Wildman–Crippen LogP) is 1.69. The Morgan fingerprint density at radius 1 is 1.71 bits per heavy atom. The van der Waals surface area contributed by atoms with Crippen LogP contribution in [0.25, 0.3) is 0 Å². The van der Waals surface area contributed by atoms with E-state index in [1.165, 1.54) is 19.3 Å². The maximum absolute atomic E-state index is 10.7. The summed E-state index contributed by atoms with van der Waals surface area (Å²) in [6.45, 7) is 2.78. The van der Waals surface area contributed by atoms with E-state index in [-0.39, 0.29) is 5.69 Å². The first-order valence-electron chi connectivity index (χ1n) is 4.94. The molecule has 0 aromatic carbocycles. The third-order valence-electron chi connectivity index (χ3n) is 2.86. The Morgan fingerprint density at radius 3 is 2.86 bits per heavy atom. The van der Waals surface area contributed by atoms with Gasteiger partial charge in [-0.2, -0.15) is 5.10 Å². The highest BCUT2D eigenvalue weighted by Gasteiger charge is 2.20. The maximum atomic E-state index is 10.7. The van der Waals surface area contributed by atoms with E-state index >= 15 is 0 Å². The third-order valence-corrected chi connectivity index (χ3v) is 2.86. The Kier molecular flexibility index (Phi) is 2.27. The van der Waals surface area contributed by atoms with E-state index in [2.05, 4.69) is 5.10 Å². The SMILES string of the molecule is Cc1cc(C(=O)O)nn1CC1CCC1. The smallest absolute Gasteiger partial charge is 0.356 e. The van der Waals surface area contributed by atoms with Crippen LogP contribution < -0.4 is 0 Å². The molecule has 76 valence electrons. The average molecular weight is 194 g/mol. The minimum atomic E-state index is -0.944. The van der Waals surface area contributed by atoms with Gasteiger partial charge in [0.15, 0.2) is 5.69 Å². The van der Waals surface area contributed by atoms with E-state index in [0.717, 1.165) is 12.2 Å². The Bertz CT molecular complexity index is 353. The van der Waals surface area contributed by atoms with Crippen LogP contribution in [0.2, 0.25) is 0 Å². The van der Waals surface area contributed by atoms with Crippen LogP contribution in [-0.4, -0.2) is 20.9 Å². The number of carboxylic acid groups (broad SMARTS) is 1. The van der Waals surface area contributed by atoms with Gasteiger partial charge in [-0.3, -0.25) is 4.68 Å². The molecule has 0 amide bonds. The van der Waals surface area contributed by atoms with Crippen molar-refractivity contribution in [1.82, 2.24) is 9.78 Å². The van der Waals surface area contributed by atoms with Gasteiger partial charge in [0.1, 0.15) is 0 Å². The van der Waals surface area contributed by atoms with Crippen molar-refractivity contribution in [2.75, 3.05) is 0 Å². The quantitative estimate of drug-likeness (QED) is 0.796. The first kappa shape index (κ1) is 9.24. The van der Waals surface area contributed by atoms with E-state index in [4.69, 9.17) is 5.11 Å². The zero-order valence-corrected chi connectivity index (χ0v) is 8.23. The Labute approximate surface area is 82.5 Å². The normalized spacial score (nSPS) is 16.6. The lowest BCUT2D eigenvalue weighted by Gasteiger charge is -2.25. The van der Waals surface area contributed by atoms with E-state index in [9.17, 15) is 4.79 Å². The van der Waals surface area contributed by atoms with Crippen LogP contribution in [0.3, 0.4) is 0 Å². The van der Waals surface area contributed by atoms with Crippen LogP contribution in [0.1, 0.15) is 35.4 Å². The van der Waals surface area contributed by atoms with E-state index in [1.54, 1.807) is 6.07 Å². The monoisotopic (exact) mass is 194 g/mol. The summed E-state index contributed by atoms with van der Waals surface area (Å²) in [4.78, 5) is 10.7. The lowest BCUT2D eigenvalue weighted by molar-refractivity contribution is 0.0689. The van der Waals surface area contributed by atoms with Gasteiger partial charge in [-0.1, -0.05) is 6.42 Å². The van der Waals surface area contributed by atoms with Gasteiger partial charge in [0.25, 0.3) is 0 Å². The molecule has 4 nitrogen and oxygen atoms in total.